The van der Waals surface area contributed by atoms with Crippen LogP contribution in [0.4, 0.5) is 4.79 Å². The van der Waals surface area contributed by atoms with Crippen LogP contribution in [0, 0.1) is 0 Å². The summed E-state index contributed by atoms with van der Waals surface area (Å²) in [6, 6.07) is 12.9. The van der Waals surface area contributed by atoms with Crippen molar-refractivity contribution in [3.63, 3.8) is 0 Å². The van der Waals surface area contributed by atoms with Crippen LogP contribution < -0.4 is 15.2 Å². The van der Waals surface area contributed by atoms with Crippen LogP contribution in [0.15, 0.2) is 47.0 Å². The van der Waals surface area contributed by atoms with Gasteiger partial charge < -0.3 is 14.9 Å². The van der Waals surface area contributed by atoms with Crippen molar-refractivity contribution in [2.24, 2.45) is 5.14 Å². The van der Waals surface area contributed by atoms with Crippen LogP contribution in [0.2, 0.25) is 0 Å². The van der Waals surface area contributed by atoms with E-state index in [0.29, 0.717) is 25.1 Å². The summed E-state index contributed by atoms with van der Waals surface area (Å²) in [4.78, 5) is 15.5. The van der Waals surface area contributed by atoms with E-state index in [1.807, 2.05) is 42.5 Å². The molecule has 11 heteroatoms. The summed E-state index contributed by atoms with van der Waals surface area (Å²) in [6.07, 6.45) is 0.127. The van der Waals surface area contributed by atoms with Crippen molar-refractivity contribution in [2.75, 3.05) is 6.54 Å². The molecule has 0 aliphatic heterocycles. The monoisotopic (exact) mass is 419 g/mol. The number of benzene rings is 2. The molecule has 29 heavy (non-hydrogen) atoms. The summed E-state index contributed by atoms with van der Waals surface area (Å²) < 4.78 is 29.2. The molecule has 0 saturated heterocycles. The molecular weight excluding hydrogens is 398 g/mol. The Morgan fingerprint density at radius 3 is 2.66 bits per heavy atom. The van der Waals surface area contributed by atoms with Gasteiger partial charge in [0.25, 0.3) is 10.2 Å². The Labute approximate surface area is 167 Å². The third-order valence-electron chi connectivity index (χ3n) is 4.27. The lowest BCUT2D eigenvalue weighted by atomic mass is 10.1. The predicted molar refractivity (Wildman–Crippen MR) is 106 cm³/mol. The van der Waals surface area contributed by atoms with Crippen LogP contribution >= 0.6 is 0 Å². The predicted octanol–water partition coefficient (Wildman–Crippen LogP) is 2.16. The lowest BCUT2D eigenvalue weighted by Gasteiger charge is -2.12. The minimum atomic E-state index is -3.74. The summed E-state index contributed by atoms with van der Waals surface area (Å²) in [5.74, 6) is 0.508. The van der Waals surface area contributed by atoms with Gasteiger partial charge in [0.2, 0.25) is 11.7 Å². The Hall–Kier alpha value is -3.02. The van der Waals surface area contributed by atoms with Crippen molar-refractivity contribution in [2.45, 2.75) is 25.3 Å². The van der Waals surface area contributed by atoms with Gasteiger partial charge >= 0.3 is 6.09 Å². The highest BCUT2D eigenvalue weighted by atomic mass is 32.2. The fourth-order valence-electron chi connectivity index (χ4n) is 2.92. The number of aromatic nitrogens is 2. The third kappa shape index (κ3) is 5.98. The topological polar surface area (TPSA) is 160 Å². The van der Waals surface area contributed by atoms with E-state index >= 15 is 0 Å². The molecule has 1 amide bonds. The normalized spacial score (nSPS) is 12.7. The molecular formula is C18H21N5O5S. The molecule has 0 radical (unpaired) electrons. The second-order valence-electron chi connectivity index (χ2n) is 6.46. The zero-order chi connectivity index (χ0) is 20.9. The Balaban J connectivity index is 1.70. The molecule has 1 heterocycles. The zero-order valence-corrected chi connectivity index (χ0v) is 16.2. The summed E-state index contributed by atoms with van der Waals surface area (Å²) in [6.45, 7) is 0.158. The van der Waals surface area contributed by atoms with Crippen LogP contribution in [0.3, 0.4) is 0 Å². The SMILES string of the molecule is NS(=O)(=O)NCCCCC(NC(=O)O)c1nc(-c2ccc3ccccc3c2)no1. The van der Waals surface area contributed by atoms with Gasteiger partial charge in [-0.1, -0.05) is 41.6 Å². The average Bonchev–Trinajstić information content (AvgIpc) is 3.15. The highest BCUT2D eigenvalue weighted by Crippen LogP contribution is 2.25. The summed E-state index contributed by atoms with van der Waals surface area (Å²) in [5, 5.41) is 22.4. The van der Waals surface area contributed by atoms with Gasteiger partial charge in [0, 0.05) is 12.1 Å². The van der Waals surface area contributed by atoms with Crippen LogP contribution in [0.25, 0.3) is 22.2 Å². The maximum Gasteiger partial charge on any atom is 0.405 e. The molecule has 0 aliphatic rings. The van der Waals surface area contributed by atoms with Crippen molar-refractivity contribution >= 4 is 27.1 Å². The second-order valence-corrected chi connectivity index (χ2v) is 7.83. The molecule has 5 N–H and O–H groups in total. The molecule has 10 nitrogen and oxygen atoms in total. The van der Waals surface area contributed by atoms with Crippen molar-refractivity contribution in [3.05, 3.63) is 48.4 Å². The number of amides is 1. The van der Waals surface area contributed by atoms with E-state index in [4.69, 9.17) is 14.8 Å². The van der Waals surface area contributed by atoms with E-state index < -0.39 is 22.3 Å². The standard InChI is InChI=1S/C18H21N5O5S/c19-29(26,27)20-10-4-3-7-15(21-18(24)25)17-22-16(23-28-17)14-9-8-12-5-1-2-6-13(12)11-14/h1-2,5-6,8-9,11,15,20-21H,3-4,7,10H2,(H,24,25)(H2,19,26,27). The zero-order valence-electron chi connectivity index (χ0n) is 15.4. The Morgan fingerprint density at radius 1 is 1.17 bits per heavy atom. The van der Waals surface area contributed by atoms with Crippen molar-refractivity contribution in [3.8, 4) is 11.4 Å². The van der Waals surface area contributed by atoms with E-state index in [2.05, 4.69) is 20.2 Å². The number of carboxylic acid groups (broad SMARTS) is 1. The molecule has 1 atom stereocenters. The van der Waals surface area contributed by atoms with E-state index in [1.165, 1.54) is 0 Å². The minimum Gasteiger partial charge on any atom is -0.465 e. The first-order chi connectivity index (χ1) is 13.8. The number of carbonyl (C=O) groups is 1. The highest BCUT2D eigenvalue weighted by molar-refractivity contribution is 7.87. The quantitative estimate of drug-likeness (QED) is 0.386. The van der Waals surface area contributed by atoms with Crippen LogP contribution in [0.1, 0.15) is 31.2 Å². The Morgan fingerprint density at radius 2 is 1.93 bits per heavy atom. The largest absolute Gasteiger partial charge is 0.465 e. The number of nitrogens with one attached hydrogen (secondary N) is 2. The number of nitrogens with zero attached hydrogens (tertiary/aromatic N) is 2. The third-order valence-corrected chi connectivity index (χ3v) is 4.87. The van der Waals surface area contributed by atoms with E-state index in [1.54, 1.807) is 0 Å². The van der Waals surface area contributed by atoms with Crippen LogP contribution in [-0.4, -0.2) is 36.3 Å². The summed E-state index contributed by atoms with van der Waals surface area (Å²) in [7, 11) is -3.74. The number of fused-ring (bicyclic) bond motifs is 1. The molecule has 3 aromatic rings. The van der Waals surface area contributed by atoms with Gasteiger partial charge in [0.05, 0.1) is 0 Å². The van der Waals surface area contributed by atoms with Crippen LogP contribution in [-0.2, 0) is 10.2 Å². The van der Waals surface area contributed by atoms with Gasteiger partial charge in [-0.05, 0) is 36.1 Å². The number of nitrogens with two attached hydrogens (primary N) is 1. The van der Waals surface area contributed by atoms with E-state index in [9.17, 15) is 13.2 Å². The first-order valence-electron chi connectivity index (χ1n) is 8.91. The maximum atomic E-state index is 11.1. The molecule has 2 aromatic carbocycles. The molecule has 0 aliphatic carbocycles. The molecule has 3 rings (SSSR count). The van der Waals surface area contributed by atoms with Gasteiger partial charge in [-0.15, -0.1) is 0 Å². The molecule has 0 saturated carbocycles. The maximum absolute atomic E-state index is 11.1. The van der Waals surface area contributed by atoms with Crippen molar-refractivity contribution in [1.29, 1.82) is 0 Å². The smallest absolute Gasteiger partial charge is 0.405 e. The Kier molecular flexibility index (Phi) is 6.42. The number of hydrogen-bond donors (Lipinski definition) is 4. The fourth-order valence-corrected chi connectivity index (χ4v) is 3.35. The molecule has 154 valence electrons. The van der Waals surface area contributed by atoms with E-state index in [-0.39, 0.29) is 12.4 Å². The number of unbranched alkanes of at least 4 members (excludes halogenated alkanes) is 1. The van der Waals surface area contributed by atoms with Crippen LogP contribution in [0.5, 0.6) is 0 Å². The van der Waals surface area contributed by atoms with E-state index in [0.717, 1.165) is 16.3 Å². The van der Waals surface area contributed by atoms with Gasteiger partial charge in [0.15, 0.2) is 0 Å². The lowest BCUT2D eigenvalue weighted by Crippen LogP contribution is -2.31. The average molecular weight is 419 g/mol. The van der Waals surface area contributed by atoms with Gasteiger partial charge in [-0.25, -0.2) is 14.7 Å². The van der Waals surface area contributed by atoms with Gasteiger partial charge in [0.1, 0.15) is 6.04 Å². The molecule has 0 fully saturated rings. The number of rotatable bonds is 9. The van der Waals surface area contributed by atoms with Gasteiger partial charge in [-0.2, -0.15) is 13.4 Å². The molecule has 0 spiro atoms. The van der Waals surface area contributed by atoms with Gasteiger partial charge in [-0.3, -0.25) is 0 Å². The van der Waals surface area contributed by atoms with Crippen molar-refractivity contribution in [1.82, 2.24) is 20.2 Å². The first-order valence-corrected chi connectivity index (χ1v) is 10.5. The summed E-state index contributed by atoms with van der Waals surface area (Å²) >= 11 is 0. The fraction of sp³-hybridized carbons (Fsp3) is 0.278. The molecule has 1 aromatic heterocycles. The van der Waals surface area contributed by atoms with Crippen molar-refractivity contribution < 1.29 is 22.8 Å². The molecule has 0 bridgehead atoms. The summed E-state index contributed by atoms with van der Waals surface area (Å²) in [5.41, 5.74) is 0.755. The first kappa shape index (κ1) is 20.7. The minimum absolute atomic E-state index is 0.148. The number of hydrogen-bond acceptors (Lipinski definition) is 6. The second kappa shape index (κ2) is 8.99. The Bertz CT molecular complexity index is 1100. The highest BCUT2D eigenvalue weighted by Gasteiger charge is 2.21. The molecule has 1 unspecified atom stereocenters. The lowest BCUT2D eigenvalue weighted by molar-refractivity contribution is 0.184.